The van der Waals surface area contributed by atoms with E-state index in [0.29, 0.717) is 13.2 Å². The molecule has 0 fully saturated rings. The summed E-state index contributed by atoms with van der Waals surface area (Å²) in [6.45, 7) is 8.86. The quantitative estimate of drug-likeness (QED) is 0.573. The molecule has 2 N–H and O–H groups in total. The van der Waals surface area contributed by atoms with Crippen LogP contribution in [0.4, 0.5) is 0 Å². The molecule has 0 rings (SSSR count). The van der Waals surface area contributed by atoms with E-state index >= 15 is 0 Å². The first-order chi connectivity index (χ1) is 4.18. The van der Waals surface area contributed by atoms with Gasteiger partial charge in [0.05, 0.1) is 12.7 Å². The predicted molar refractivity (Wildman–Crippen MR) is 39.3 cm³/mol. The minimum Gasteiger partial charge on any atom is -0.373 e. The molecule has 0 amide bonds. The van der Waals surface area contributed by atoms with Crippen LogP contribution in [-0.2, 0) is 4.74 Å². The lowest BCUT2D eigenvalue weighted by atomic mass is 10.2. The molecule has 0 aliphatic rings. The molecule has 0 aliphatic heterocycles. The lowest BCUT2D eigenvalue weighted by Crippen LogP contribution is -2.15. The lowest BCUT2D eigenvalue weighted by Gasteiger charge is -2.10. The van der Waals surface area contributed by atoms with Gasteiger partial charge in [0.1, 0.15) is 0 Å². The highest BCUT2D eigenvalue weighted by Gasteiger charge is 1.98. The summed E-state index contributed by atoms with van der Waals surface area (Å²) in [5.74, 6) is 0. The zero-order valence-electron chi connectivity index (χ0n) is 6.18. The van der Waals surface area contributed by atoms with Gasteiger partial charge in [-0.3, -0.25) is 0 Å². The van der Waals surface area contributed by atoms with Crippen LogP contribution in [0.2, 0.25) is 0 Å². The van der Waals surface area contributed by atoms with E-state index in [-0.39, 0.29) is 6.10 Å². The summed E-state index contributed by atoms with van der Waals surface area (Å²) in [7, 11) is 0. The van der Waals surface area contributed by atoms with Gasteiger partial charge in [-0.1, -0.05) is 12.2 Å². The highest BCUT2D eigenvalue weighted by atomic mass is 16.5. The van der Waals surface area contributed by atoms with Crippen molar-refractivity contribution in [1.82, 2.24) is 0 Å². The van der Waals surface area contributed by atoms with Crippen LogP contribution in [0.3, 0.4) is 0 Å². The number of hydrogen-bond acceptors (Lipinski definition) is 2. The molecule has 0 heterocycles. The Morgan fingerprint density at radius 1 is 1.78 bits per heavy atom. The Bertz CT molecular complexity index is 90.9. The summed E-state index contributed by atoms with van der Waals surface area (Å²) in [6.07, 6.45) is 0.147. The van der Waals surface area contributed by atoms with Gasteiger partial charge in [-0.25, -0.2) is 0 Å². The fraction of sp³-hybridized carbons (Fsp3) is 0.714. The van der Waals surface area contributed by atoms with E-state index in [4.69, 9.17) is 10.5 Å². The minimum absolute atomic E-state index is 0.147. The van der Waals surface area contributed by atoms with E-state index in [1.807, 2.05) is 13.8 Å². The molecule has 2 nitrogen and oxygen atoms in total. The first-order valence-corrected chi connectivity index (χ1v) is 3.15. The van der Waals surface area contributed by atoms with E-state index in [2.05, 4.69) is 6.58 Å². The van der Waals surface area contributed by atoms with Crippen LogP contribution in [-0.4, -0.2) is 19.3 Å². The third kappa shape index (κ3) is 4.18. The maximum absolute atomic E-state index is 5.23. The molecule has 1 atom stereocenters. The Labute approximate surface area is 56.7 Å². The summed E-state index contributed by atoms with van der Waals surface area (Å²) < 4.78 is 5.23. The number of ether oxygens (including phenoxy) is 1. The van der Waals surface area contributed by atoms with Crippen molar-refractivity contribution < 1.29 is 4.74 Å². The predicted octanol–water partition coefficient (Wildman–Crippen LogP) is 0.926. The molecular formula is C7H15NO. The van der Waals surface area contributed by atoms with E-state index in [9.17, 15) is 0 Å². The van der Waals surface area contributed by atoms with E-state index < -0.39 is 0 Å². The van der Waals surface area contributed by atoms with Gasteiger partial charge in [-0.2, -0.15) is 0 Å². The van der Waals surface area contributed by atoms with Crippen molar-refractivity contribution in [2.75, 3.05) is 13.2 Å². The van der Waals surface area contributed by atoms with Crippen LogP contribution >= 0.6 is 0 Å². The summed E-state index contributed by atoms with van der Waals surface area (Å²) in [4.78, 5) is 0. The normalized spacial score (nSPS) is 13.2. The van der Waals surface area contributed by atoms with Crippen molar-refractivity contribution in [1.29, 1.82) is 0 Å². The third-order valence-corrected chi connectivity index (χ3v) is 1.18. The lowest BCUT2D eigenvalue weighted by molar-refractivity contribution is 0.0966. The monoisotopic (exact) mass is 129 g/mol. The highest BCUT2D eigenvalue weighted by molar-refractivity contribution is 4.94. The second-order valence-corrected chi connectivity index (χ2v) is 2.15. The minimum atomic E-state index is 0.147. The summed E-state index contributed by atoms with van der Waals surface area (Å²) >= 11 is 0. The Hall–Kier alpha value is -0.340. The molecule has 1 unspecified atom stereocenters. The first-order valence-electron chi connectivity index (χ1n) is 3.15. The van der Waals surface area contributed by atoms with Crippen LogP contribution < -0.4 is 5.73 Å². The molecule has 0 spiro atoms. The van der Waals surface area contributed by atoms with Crippen LogP contribution in [0.1, 0.15) is 13.8 Å². The standard InChI is InChI=1S/C7H15NO/c1-6(2)7(3)9-5-4-8/h7H,1,4-5,8H2,2-3H3. The molecule has 0 aromatic rings. The summed E-state index contributed by atoms with van der Waals surface area (Å²) in [6, 6.07) is 0. The van der Waals surface area contributed by atoms with E-state index in [0.717, 1.165) is 5.57 Å². The molecule has 2 heteroatoms. The fourth-order valence-corrected chi connectivity index (χ4v) is 0.387. The van der Waals surface area contributed by atoms with Crippen molar-refractivity contribution in [2.24, 2.45) is 5.73 Å². The average molecular weight is 129 g/mol. The van der Waals surface area contributed by atoms with Crippen LogP contribution in [0.5, 0.6) is 0 Å². The first kappa shape index (κ1) is 8.66. The summed E-state index contributed by atoms with van der Waals surface area (Å²) in [5, 5.41) is 0. The smallest absolute Gasteiger partial charge is 0.0752 e. The molecule has 0 aliphatic carbocycles. The van der Waals surface area contributed by atoms with Gasteiger partial charge in [0.15, 0.2) is 0 Å². The van der Waals surface area contributed by atoms with Crippen molar-refractivity contribution in [3.8, 4) is 0 Å². The number of nitrogens with two attached hydrogens (primary N) is 1. The van der Waals surface area contributed by atoms with Gasteiger partial charge in [0, 0.05) is 6.54 Å². The van der Waals surface area contributed by atoms with E-state index in [1.54, 1.807) is 0 Å². The fourth-order valence-electron chi connectivity index (χ4n) is 0.387. The van der Waals surface area contributed by atoms with Gasteiger partial charge in [0.2, 0.25) is 0 Å². The topological polar surface area (TPSA) is 35.2 Å². The maximum atomic E-state index is 5.23. The van der Waals surface area contributed by atoms with Crippen molar-refractivity contribution in [2.45, 2.75) is 20.0 Å². The van der Waals surface area contributed by atoms with Crippen molar-refractivity contribution in [3.05, 3.63) is 12.2 Å². The molecule has 0 aromatic carbocycles. The molecule has 0 radical (unpaired) electrons. The van der Waals surface area contributed by atoms with Crippen molar-refractivity contribution >= 4 is 0 Å². The number of rotatable bonds is 4. The van der Waals surface area contributed by atoms with E-state index in [1.165, 1.54) is 0 Å². The Morgan fingerprint density at radius 2 is 2.33 bits per heavy atom. The largest absolute Gasteiger partial charge is 0.373 e. The zero-order chi connectivity index (χ0) is 7.28. The Balaban J connectivity index is 3.27. The molecule has 0 saturated heterocycles. The molecular weight excluding hydrogens is 114 g/mol. The zero-order valence-corrected chi connectivity index (χ0v) is 6.18. The van der Waals surface area contributed by atoms with Crippen LogP contribution in [0.15, 0.2) is 12.2 Å². The maximum Gasteiger partial charge on any atom is 0.0752 e. The van der Waals surface area contributed by atoms with Gasteiger partial charge >= 0.3 is 0 Å². The van der Waals surface area contributed by atoms with Crippen LogP contribution in [0, 0.1) is 0 Å². The van der Waals surface area contributed by atoms with Gasteiger partial charge in [-0.05, 0) is 13.8 Å². The average Bonchev–Trinajstić information content (AvgIpc) is 1.82. The van der Waals surface area contributed by atoms with Gasteiger partial charge in [-0.15, -0.1) is 0 Å². The van der Waals surface area contributed by atoms with Gasteiger partial charge in [0.25, 0.3) is 0 Å². The van der Waals surface area contributed by atoms with Crippen molar-refractivity contribution in [3.63, 3.8) is 0 Å². The second-order valence-electron chi connectivity index (χ2n) is 2.15. The SMILES string of the molecule is C=C(C)C(C)OCCN. The Kier molecular flexibility index (Phi) is 4.36. The molecule has 0 bridgehead atoms. The second kappa shape index (κ2) is 4.53. The molecule has 9 heavy (non-hydrogen) atoms. The number of hydrogen-bond donors (Lipinski definition) is 1. The molecule has 0 saturated carbocycles. The Morgan fingerprint density at radius 3 is 2.67 bits per heavy atom. The highest BCUT2D eigenvalue weighted by Crippen LogP contribution is 2.00. The molecule has 54 valence electrons. The molecule has 0 aromatic heterocycles. The van der Waals surface area contributed by atoms with Gasteiger partial charge < -0.3 is 10.5 Å². The summed E-state index contributed by atoms with van der Waals surface area (Å²) in [5.41, 5.74) is 6.27. The third-order valence-electron chi connectivity index (χ3n) is 1.18. The van der Waals surface area contributed by atoms with Crippen LogP contribution in [0.25, 0.3) is 0 Å².